The Hall–Kier alpha value is -0.910. The molecule has 1 aromatic carbocycles. The topological polar surface area (TPSA) is 39.9 Å². The highest BCUT2D eigenvalue weighted by Crippen LogP contribution is 2.54. The van der Waals surface area contributed by atoms with Crippen LogP contribution in [0.1, 0.15) is 6.42 Å². The fraction of sp³-hybridized carbons (Fsp3) is 0.429. The van der Waals surface area contributed by atoms with Gasteiger partial charge in [-0.15, -0.1) is 33.4 Å². The maximum Gasteiger partial charge on any atom is 0.191 e. The van der Waals surface area contributed by atoms with Crippen LogP contribution in [-0.2, 0) is 7.05 Å². The van der Waals surface area contributed by atoms with Gasteiger partial charge in [-0.3, -0.25) is 0 Å². The third-order valence-electron chi connectivity index (χ3n) is 3.53. The lowest BCUT2D eigenvalue weighted by Crippen LogP contribution is -1.98. The molecular weight excluding hydrogens is 329 g/mol. The molecule has 3 rings (SSSR count). The summed E-state index contributed by atoms with van der Waals surface area (Å²) in [7, 11) is 3.61. The first-order chi connectivity index (χ1) is 10.0. The van der Waals surface area contributed by atoms with Crippen molar-refractivity contribution in [1.82, 2.24) is 14.8 Å². The fourth-order valence-corrected chi connectivity index (χ4v) is 3.92. The monoisotopic (exact) mass is 343 g/mol. The van der Waals surface area contributed by atoms with Crippen molar-refractivity contribution in [2.24, 2.45) is 13.0 Å². The molecule has 1 aliphatic rings. The van der Waals surface area contributed by atoms with Gasteiger partial charge in [0, 0.05) is 24.3 Å². The van der Waals surface area contributed by atoms with Crippen molar-refractivity contribution in [2.45, 2.75) is 15.9 Å². The molecule has 0 spiro atoms. The Bertz CT molecular complexity index is 659. The van der Waals surface area contributed by atoms with Crippen LogP contribution in [0.25, 0.3) is 11.4 Å². The van der Waals surface area contributed by atoms with Gasteiger partial charge in [0.1, 0.15) is 10.1 Å². The van der Waals surface area contributed by atoms with Crippen molar-refractivity contribution in [1.29, 1.82) is 0 Å². The van der Waals surface area contributed by atoms with Gasteiger partial charge in [0.25, 0.3) is 0 Å². The van der Waals surface area contributed by atoms with E-state index in [-0.39, 0.29) is 0 Å². The van der Waals surface area contributed by atoms with E-state index in [9.17, 15) is 0 Å². The SMILES string of the molecule is COc1cccc(-c2nnc(SC[C@H]3CC3(Cl)Cl)n2C)c1. The molecule has 4 nitrogen and oxygen atoms in total. The lowest BCUT2D eigenvalue weighted by atomic mass is 10.2. The summed E-state index contributed by atoms with van der Waals surface area (Å²) in [6.07, 6.45) is 0.851. The van der Waals surface area contributed by atoms with Crippen molar-refractivity contribution in [3.05, 3.63) is 24.3 Å². The standard InChI is InChI=1S/C14H15Cl2N3OS/c1-19-12(9-4-3-5-11(6-9)20-2)17-18-13(19)21-8-10-7-14(10,15)16/h3-6,10H,7-8H2,1-2H3/t10-/m1/s1. The molecule has 1 fully saturated rings. The lowest BCUT2D eigenvalue weighted by molar-refractivity contribution is 0.415. The largest absolute Gasteiger partial charge is 0.497 e. The minimum Gasteiger partial charge on any atom is -0.497 e. The summed E-state index contributed by atoms with van der Waals surface area (Å²) in [6.45, 7) is 0. The molecule has 0 radical (unpaired) electrons. The van der Waals surface area contributed by atoms with E-state index in [0.717, 1.165) is 34.5 Å². The molecule has 0 bridgehead atoms. The number of halogens is 2. The zero-order valence-electron chi connectivity index (χ0n) is 11.7. The Labute approximate surface area is 137 Å². The van der Waals surface area contributed by atoms with E-state index < -0.39 is 4.33 Å². The van der Waals surface area contributed by atoms with E-state index in [0.29, 0.717) is 5.92 Å². The highest BCUT2D eigenvalue weighted by molar-refractivity contribution is 7.99. The third kappa shape index (κ3) is 3.15. The fourth-order valence-electron chi connectivity index (χ4n) is 2.08. The van der Waals surface area contributed by atoms with Crippen LogP contribution in [-0.4, -0.2) is 32.0 Å². The molecule has 1 atom stereocenters. The van der Waals surface area contributed by atoms with Crippen LogP contribution in [0, 0.1) is 5.92 Å². The number of ether oxygens (including phenoxy) is 1. The molecule has 0 saturated heterocycles. The van der Waals surface area contributed by atoms with Gasteiger partial charge in [-0.2, -0.15) is 0 Å². The molecule has 7 heteroatoms. The highest BCUT2D eigenvalue weighted by atomic mass is 35.5. The van der Waals surface area contributed by atoms with Crippen LogP contribution < -0.4 is 4.74 Å². The Morgan fingerprint density at radius 3 is 2.86 bits per heavy atom. The van der Waals surface area contributed by atoms with Crippen molar-refractivity contribution in [3.8, 4) is 17.1 Å². The zero-order valence-corrected chi connectivity index (χ0v) is 14.0. The first-order valence-corrected chi connectivity index (χ1v) is 8.30. The van der Waals surface area contributed by atoms with Gasteiger partial charge in [-0.25, -0.2) is 0 Å². The molecule has 0 N–H and O–H groups in total. The van der Waals surface area contributed by atoms with Crippen LogP contribution in [0.3, 0.4) is 0 Å². The molecule has 1 aliphatic carbocycles. The van der Waals surface area contributed by atoms with Gasteiger partial charge < -0.3 is 9.30 Å². The first-order valence-electron chi connectivity index (χ1n) is 6.55. The summed E-state index contributed by atoms with van der Waals surface area (Å²) in [5.41, 5.74) is 0.978. The Kier molecular flexibility index (Phi) is 4.08. The molecule has 1 heterocycles. The summed E-state index contributed by atoms with van der Waals surface area (Å²) in [4.78, 5) is 0. The summed E-state index contributed by atoms with van der Waals surface area (Å²) in [6, 6.07) is 7.78. The number of alkyl halides is 2. The number of benzene rings is 1. The van der Waals surface area contributed by atoms with Crippen LogP contribution in [0.5, 0.6) is 5.75 Å². The number of rotatable bonds is 5. The normalized spacial score (nSPS) is 19.5. The molecular formula is C14H15Cl2N3OS. The molecule has 0 aliphatic heterocycles. The van der Waals surface area contributed by atoms with Crippen molar-refractivity contribution in [3.63, 3.8) is 0 Å². The second-order valence-electron chi connectivity index (χ2n) is 5.07. The summed E-state index contributed by atoms with van der Waals surface area (Å²) in [5, 5.41) is 9.38. The number of aromatic nitrogens is 3. The first kappa shape index (κ1) is 15.0. The maximum absolute atomic E-state index is 6.04. The Balaban J connectivity index is 1.75. The molecule has 112 valence electrons. The number of hydrogen-bond acceptors (Lipinski definition) is 4. The van der Waals surface area contributed by atoms with E-state index in [2.05, 4.69) is 10.2 Å². The smallest absolute Gasteiger partial charge is 0.191 e. The predicted molar refractivity (Wildman–Crippen MR) is 86.3 cm³/mol. The van der Waals surface area contributed by atoms with E-state index >= 15 is 0 Å². The molecule has 0 amide bonds. The minimum absolute atomic E-state index is 0.336. The summed E-state index contributed by atoms with van der Waals surface area (Å²) in [5.74, 6) is 2.81. The summed E-state index contributed by atoms with van der Waals surface area (Å²) >= 11 is 13.7. The zero-order chi connectivity index (χ0) is 15.0. The Morgan fingerprint density at radius 2 is 2.19 bits per heavy atom. The van der Waals surface area contributed by atoms with Crippen LogP contribution >= 0.6 is 35.0 Å². The highest BCUT2D eigenvalue weighted by Gasteiger charge is 2.51. The van der Waals surface area contributed by atoms with Gasteiger partial charge in [0.2, 0.25) is 0 Å². The molecule has 1 saturated carbocycles. The number of methoxy groups -OCH3 is 1. The molecule has 2 aromatic rings. The maximum atomic E-state index is 6.04. The minimum atomic E-state index is -0.540. The van der Waals surface area contributed by atoms with Crippen LogP contribution in [0.4, 0.5) is 0 Å². The van der Waals surface area contributed by atoms with Gasteiger partial charge in [0.05, 0.1) is 7.11 Å². The number of hydrogen-bond donors (Lipinski definition) is 0. The van der Waals surface area contributed by atoms with E-state index in [1.165, 1.54) is 0 Å². The van der Waals surface area contributed by atoms with Gasteiger partial charge >= 0.3 is 0 Å². The van der Waals surface area contributed by atoms with Crippen molar-refractivity contribution < 1.29 is 4.74 Å². The quantitative estimate of drug-likeness (QED) is 0.611. The summed E-state index contributed by atoms with van der Waals surface area (Å²) < 4.78 is 6.68. The predicted octanol–water partition coefficient (Wildman–Crippen LogP) is 3.78. The molecule has 0 unspecified atom stereocenters. The average molecular weight is 344 g/mol. The lowest BCUT2D eigenvalue weighted by Gasteiger charge is -2.05. The van der Waals surface area contributed by atoms with Gasteiger partial charge in [-0.05, 0) is 18.6 Å². The van der Waals surface area contributed by atoms with Crippen molar-refractivity contribution >= 4 is 35.0 Å². The van der Waals surface area contributed by atoms with E-state index in [4.69, 9.17) is 27.9 Å². The van der Waals surface area contributed by atoms with E-state index in [1.807, 2.05) is 35.9 Å². The van der Waals surface area contributed by atoms with Crippen molar-refractivity contribution in [2.75, 3.05) is 12.9 Å². The van der Waals surface area contributed by atoms with Gasteiger partial charge in [0.15, 0.2) is 11.0 Å². The third-order valence-corrected chi connectivity index (χ3v) is 5.64. The van der Waals surface area contributed by atoms with Crippen LogP contribution in [0.2, 0.25) is 0 Å². The number of thioether (sulfide) groups is 1. The number of nitrogens with zero attached hydrogens (tertiary/aromatic N) is 3. The van der Waals surface area contributed by atoms with Gasteiger partial charge in [-0.1, -0.05) is 23.9 Å². The average Bonchev–Trinajstić information content (AvgIpc) is 2.92. The van der Waals surface area contributed by atoms with Crippen LogP contribution in [0.15, 0.2) is 29.4 Å². The molecule has 21 heavy (non-hydrogen) atoms. The Morgan fingerprint density at radius 1 is 1.43 bits per heavy atom. The van der Waals surface area contributed by atoms with E-state index in [1.54, 1.807) is 18.9 Å². The second kappa shape index (κ2) is 5.71. The molecule has 1 aromatic heterocycles. The second-order valence-corrected chi connectivity index (χ2v) is 7.60.